The molecule has 0 bridgehead atoms. The minimum absolute atomic E-state index is 0.0629. The van der Waals surface area contributed by atoms with Crippen molar-refractivity contribution >= 4 is 43.9 Å². The fourth-order valence-electron chi connectivity index (χ4n) is 3.58. The zero-order chi connectivity index (χ0) is 24.4. The minimum Gasteiger partial charge on any atom is -0.508 e. The molecule has 0 saturated carbocycles. The summed E-state index contributed by atoms with van der Waals surface area (Å²) in [7, 11) is 3.20. The van der Waals surface area contributed by atoms with Gasteiger partial charge in [0.2, 0.25) is 5.43 Å². The molecule has 0 aliphatic rings. The van der Waals surface area contributed by atoms with Crippen molar-refractivity contribution in [3.63, 3.8) is 0 Å². The predicted octanol–water partition coefficient (Wildman–Crippen LogP) is 6.85. The number of phenols is 2. The fourth-order valence-corrected chi connectivity index (χ4v) is 5.97. The first kappa shape index (κ1) is 23.1. The molecule has 2 aromatic heterocycles. The maximum Gasteiger partial charge on any atom is 0.204 e. The molecular formula is C26H18O6S3. The van der Waals surface area contributed by atoms with Crippen LogP contribution in [0.5, 0.6) is 23.0 Å². The average Bonchev–Trinajstić information content (AvgIpc) is 3.29. The van der Waals surface area contributed by atoms with Crippen molar-refractivity contribution in [2.45, 2.75) is 0 Å². The zero-order valence-electron chi connectivity index (χ0n) is 18.1. The molecule has 0 fully saturated rings. The molecule has 0 radical (unpaired) electrons. The highest BCUT2D eigenvalue weighted by atomic mass is 32.9. The predicted molar refractivity (Wildman–Crippen MR) is 141 cm³/mol. The van der Waals surface area contributed by atoms with Gasteiger partial charge in [-0.1, -0.05) is 57.2 Å². The molecule has 9 heteroatoms. The summed E-state index contributed by atoms with van der Waals surface area (Å²) in [4.78, 5) is 12.9. The Morgan fingerprint density at radius 1 is 0.857 bits per heavy atom. The zero-order valence-corrected chi connectivity index (χ0v) is 20.5. The maximum absolute atomic E-state index is 12.9. The average molecular weight is 523 g/mol. The molecule has 0 spiro atoms. The van der Waals surface area contributed by atoms with Gasteiger partial charge in [0.05, 0.1) is 5.56 Å². The van der Waals surface area contributed by atoms with E-state index in [4.69, 9.17) is 26.1 Å². The molecule has 0 atom stereocenters. The molecule has 0 aliphatic carbocycles. The Labute approximate surface area is 212 Å². The van der Waals surface area contributed by atoms with Gasteiger partial charge in [0.1, 0.15) is 57.3 Å². The van der Waals surface area contributed by atoms with Crippen molar-refractivity contribution < 1.29 is 24.1 Å². The standard InChI is InChI=1S/C26H18O6S3/c27-17-5-1-15(2-6-17)20-13-32-23-12-19(11-22(28)24(23)25(20)29)31-10-9-30-18-7-3-16(4-8-18)21-14-34-35-26(21)33/h1-8,11-14,27-28H,9-10H2. The van der Waals surface area contributed by atoms with Gasteiger partial charge in [0.15, 0.2) is 0 Å². The first-order valence-electron chi connectivity index (χ1n) is 10.5. The monoisotopic (exact) mass is 522 g/mol. The van der Waals surface area contributed by atoms with E-state index >= 15 is 0 Å². The highest BCUT2D eigenvalue weighted by molar-refractivity contribution is 7.79. The summed E-state index contributed by atoms with van der Waals surface area (Å²) in [5, 5.41) is 22.1. The molecule has 0 saturated heterocycles. The summed E-state index contributed by atoms with van der Waals surface area (Å²) < 4.78 is 17.9. The summed E-state index contributed by atoms with van der Waals surface area (Å²) in [6, 6.07) is 16.8. The van der Waals surface area contributed by atoms with Crippen molar-refractivity contribution in [3.05, 3.63) is 86.4 Å². The SMILES string of the molecule is O=c1c(-c2ccc(O)cc2)coc2cc(OCCOc3ccc(-c4cssc4=S)cc3)cc(O)c12. The van der Waals surface area contributed by atoms with E-state index in [2.05, 4.69) is 0 Å². The van der Waals surface area contributed by atoms with Crippen LogP contribution in [0.1, 0.15) is 0 Å². The van der Waals surface area contributed by atoms with E-state index in [1.807, 2.05) is 29.6 Å². The van der Waals surface area contributed by atoms with Crippen LogP contribution in [0.4, 0.5) is 0 Å². The lowest BCUT2D eigenvalue weighted by Gasteiger charge is -2.10. The Kier molecular flexibility index (Phi) is 6.54. The highest BCUT2D eigenvalue weighted by Crippen LogP contribution is 2.31. The summed E-state index contributed by atoms with van der Waals surface area (Å²) in [6.07, 6.45) is 1.33. The van der Waals surface area contributed by atoms with E-state index in [9.17, 15) is 15.0 Å². The van der Waals surface area contributed by atoms with Crippen LogP contribution in [-0.2, 0) is 0 Å². The van der Waals surface area contributed by atoms with Crippen LogP contribution in [0.15, 0.2) is 81.5 Å². The molecule has 0 amide bonds. The molecule has 5 rings (SSSR count). The normalized spacial score (nSPS) is 11.0. The van der Waals surface area contributed by atoms with Gasteiger partial charge in [-0.3, -0.25) is 4.79 Å². The van der Waals surface area contributed by atoms with Crippen molar-refractivity contribution in [1.29, 1.82) is 0 Å². The summed E-state index contributed by atoms with van der Waals surface area (Å²) >= 11 is 5.34. The van der Waals surface area contributed by atoms with Gasteiger partial charge in [-0.25, -0.2) is 0 Å². The van der Waals surface area contributed by atoms with Gasteiger partial charge in [0, 0.05) is 23.1 Å². The molecule has 2 N–H and O–H groups in total. The van der Waals surface area contributed by atoms with Crippen LogP contribution in [0.25, 0.3) is 33.2 Å². The third kappa shape index (κ3) is 4.93. The van der Waals surface area contributed by atoms with Gasteiger partial charge in [-0.15, -0.1) is 0 Å². The Hall–Kier alpha value is -3.66. The van der Waals surface area contributed by atoms with Crippen molar-refractivity contribution in [2.75, 3.05) is 13.2 Å². The number of hydrogen-bond acceptors (Lipinski definition) is 9. The maximum atomic E-state index is 12.9. The molecule has 176 valence electrons. The lowest BCUT2D eigenvalue weighted by Crippen LogP contribution is -2.09. The summed E-state index contributed by atoms with van der Waals surface area (Å²) in [5.74, 6) is 0.913. The molecule has 0 unspecified atom stereocenters. The van der Waals surface area contributed by atoms with Crippen molar-refractivity contribution in [2.24, 2.45) is 0 Å². The third-order valence-electron chi connectivity index (χ3n) is 5.30. The van der Waals surface area contributed by atoms with E-state index in [0.29, 0.717) is 17.1 Å². The van der Waals surface area contributed by atoms with E-state index < -0.39 is 0 Å². The van der Waals surface area contributed by atoms with Crippen LogP contribution in [0.3, 0.4) is 0 Å². The minimum atomic E-state index is -0.376. The number of ether oxygens (including phenoxy) is 2. The van der Waals surface area contributed by atoms with Gasteiger partial charge in [-0.05, 0) is 35.4 Å². The van der Waals surface area contributed by atoms with Gasteiger partial charge >= 0.3 is 0 Å². The first-order chi connectivity index (χ1) is 17.0. The topological polar surface area (TPSA) is 89.1 Å². The quantitative estimate of drug-likeness (QED) is 0.137. The second-order valence-electron chi connectivity index (χ2n) is 7.56. The Morgan fingerprint density at radius 3 is 2.20 bits per heavy atom. The number of hydrogen-bond donors (Lipinski definition) is 2. The third-order valence-corrected chi connectivity index (χ3v) is 7.97. The van der Waals surface area contributed by atoms with Gasteiger partial charge in [-0.2, -0.15) is 0 Å². The number of aromatic hydroxyl groups is 2. The second kappa shape index (κ2) is 9.91. The smallest absolute Gasteiger partial charge is 0.204 e. The number of fused-ring (bicyclic) bond motifs is 1. The Balaban J connectivity index is 1.25. The number of benzene rings is 3. The van der Waals surface area contributed by atoms with Crippen LogP contribution < -0.4 is 14.9 Å². The lowest BCUT2D eigenvalue weighted by atomic mass is 10.0. The Bertz CT molecular complexity index is 1600. The highest BCUT2D eigenvalue weighted by Gasteiger charge is 2.14. The molecule has 3 aromatic carbocycles. The molecule has 5 aromatic rings. The van der Waals surface area contributed by atoms with Crippen molar-refractivity contribution in [1.82, 2.24) is 0 Å². The summed E-state index contributed by atoms with van der Waals surface area (Å²) in [5.41, 5.74) is 2.80. The fraction of sp³-hybridized carbons (Fsp3) is 0.0769. The molecule has 0 aliphatic heterocycles. The van der Waals surface area contributed by atoms with Crippen LogP contribution in [0, 0.1) is 3.82 Å². The summed E-state index contributed by atoms with van der Waals surface area (Å²) in [6.45, 7) is 0.514. The van der Waals surface area contributed by atoms with E-state index in [0.717, 1.165) is 15.0 Å². The van der Waals surface area contributed by atoms with E-state index in [1.165, 1.54) is 24.5 Å². The van der Waals surface area contributed by atoms with E-state index in [1.54, 1.807) is 38.9 Å². The largest absolute Gasteiger partial charge is 0.508 e. The first-order valence-corrected chi connectivity index (χ1v) is 13.1. The van der Waals surface area contributed by atoms with E-state index in [-0.39, 0.29) is 46.7 Å². The van der Waals surface area contributed by atoms with Crippen molar-refractivity contribution in [3.8, 4) is 45.3 Å². The van der Waals surface area contributed by atoms with Crippen LogP contribution >= 0.6 is 32.9 Å². The molecule has 35 heavy (non-hydrogen) atoms. The molecule has 6 nitrogen and oxygen atoms in total. The number of phenolic OH excluding ortho intramolecular Hbond substituents is 2. The number of rotatable bonds is 7. The molecule has 2 heterocycles. The second-order valence-corrected chi connectivity index (χ2v) is 10.3. The Morgan fingerprint density at radius 2 is 1.51 bits per heavy atom. The van der Waals surface area contributed by atoms with Gasteiger partial charge < -0.3 is 24.1 Å². The van der Waals surface area contributed by atoms with Crippen LogP contribution in [-0.4, -0.2) is 23.4 Å². The van der Waals surface area contributed by atoms with Crippen LogP contribution in [0.2, 0.25) is 0 Å². The lowest BCUT2D eigenvalue weighted by molar-refractivity contribution is 0.217. The molecular weight excluding hydrogens is 504 g/mol. The van der Waals surface area contributed by atoms with Gasteiger partial charge in [0.25, 0.3) is 0 Å².